The van der Waals surface area contributed by atoms with Crippen molar-refractivity contribution in [2.45, 2.75) is 12.8 Å². The summed E-state index contributed by atoms with van der Waals surface area (Å²) in [6.45, 7) is 0.688. The van der Waals surface area contributed by atoms with E-state index in [1.54, 1.807) is 53.8 Å². The van der Waals surface area contributed by atoms with Crippen LogP contribution in [-0.4, -0.2) is 21.5 Å². The number of hydrogen-bond donors (Lipinski definition) is 2. The zero-order valence-corrected chi connectivity index (χ0v) is 19.2. The van der Waals surface area contributed by atoms with Crippen molar-refractivity contribution in [3.8, 4) is 6.07 Å². The molecule has 32 heavy (non-hydrogen) atoms. The van der Waals surface area contributed by atoms with Gasteiger partial charge < -0.3 is 10.6 Å². The molecule has 4 aromatic rings. The molecule has 0 radical (unpaired) electrons. The minimum absolute atomic E-state index is 0.364. The van der Waals surface area contributed by atoms with E-state index in [-0.39, 0.29) is 0 Å². The highest BCUT2D eigenvalue weighted by atomic mass is 35.5. The van der Waals surface area contributed by atoms with Crippen LogP contribution >= 0.6 is 34.5 Å². The third-order valence-electron chi connectivity index (χ3n) is 4.58. The number of nitrogens with zero attached hydrogens (tertiary/aromatic N) is 4. The van der Waals surface area contributed by atoms with Gasteiger partial charge in [0.1, 0.15) is 5.82 Å². The van der Waals surface area contributed by atoms with Crippen LogP contribution in [0.3, 0.4) is 0 Å². The van der Waals surface area contributed by atoms with Gasteiger partial charge in [-0.3, -0.25) is 0 Å². The number of hydrogen-bond acceptors (Lipinski definition) is 7. The first-order valence-corrected chi connectivity index (χ1v) is 11.5. The van der Waals surface area contributed by atoms with Gasteiger partial charge in [-0.1, -0.05) is 35.3 Å². The Labute approximate surface area is 199 Å². The summed E-state index contributed by atoms with van der Waals surface area (Å²) in [5.74, 6) is 1.39. The molecule has 160 valence electrons. The Morgan fingerprint density at radius 2 is 1.66 bits per heavy atom. The number of thiophene rings is 1. The van der Waals surface area contributed by atoms with Crippen LogP contribution in [0.25, 0.3) is 0 Å². The number of nitrogens with one attached hydrogen (secondary N) is 2. The van der Waals surface area contributed by atoms with Crippen molar-refractivity contribution in [3.63, 3.8) is 0 Å². The van der Waals surface area contributed by atoms with Crippen molar-refractivity contribution in [1.29, 1.82) is 5.26 Å². The minimum atomic E-state index is 0.364. The Bertz CT molecular complexity index is 1220. The molecular formula is C23H18Cl2N6S. The molecule has 0 aliphatic rings. The molecule has 0 saturated carbocycles. The fourth-order valence-corrected chi connectivity index (χ4v) is 4.24. The second-order valence-electron chi connectivity index (χ2n) is 6.85. The fraction of sp³-hybridized carbons (Fsp3) is 0.130. The quantitative estimate of drug-likeness (QED) is 0.316. The molecule has 0 fully saturated rings. The standard InChI is InChI=1S/C23H18Cl2N6S/c24-19-4-1-5-20(25)18(19)13-21-29-22(27-11-10-17-3-2-12-32-17)31-23(30-21)28-16-8-6-15(14-26)7-9-16/h1-9,12H,10-11,13H2,(H2,27,28,29,30,31). The predicted molar refractivity (Wildman–Crippen MR) is 130 cm³/mol. The average molecular weight is 481 g/mol. The molecule has 0 aliphatic heterocycles. The molecule has 0 unspecified atom stereocenters. The highest BCUT2D eigenvalue weighted by Crippen LogP contribution is 2.26. The number of rotatable bonds is 8. The first kappa shape index (κ1) is 22.0. The van der Waals surface area contributed by atoms with Gasteiger partial charge in [-0.2, -0.15) is 20.2 Å². The van der Waals surface area contributed by atoms with Crippen LogP contribution in [0.2, 0.25) is 10.0 Å². The molecule has 9 heteroatoms. The minimum Gasteiger partial charge on any atom is -0.354 e. The Morgan fingerprint density at radius 3 is 2.34 bits per heavy atom. The zero-order valence-electron chi connectivity index (χ0n) is 16.8. The molecule has 0 atom stereocenters. The summed E-state index contributed by atoms with van der Waals surface area (Å²) in [6.07, 6.45) is 1.23. The lowest BCUT2D eigenvalue weighted by atomic mass is 10.1. The van der Waals surface area contributed by atoms with Gasteiger partial charge in [-0.15, -0.1) is 11.3 Å². The smallest absolute Gasteiger partial charge is 0.232 e. The summed E-state index contributed by atoms with van der Waals surface area (Å²) in [5, 5.41) is 18.6. The SMILES string of the molecule is N#Cc1ccc(Nc2nc(Cc3c(Cl)cccc3Cl)nc(NCCc3cccs3)n2)cc1. The van der Waals surface area contributed by atoms with E-state index in [0.717, 1.165) is 17.7 Å². The van der Waals surface area contributed by atoms with Crippen molar-refractivity contribution in [3.05, 3.63) is 91.9 Å². The van der Waals surface area contributed by atoms with Gasteiger partial charge in [-0.25, -0.2) is 0 Å². The third-order valence-corrected chi connectivity index (χ3v) is 6.23. The highest BCUT2D eigenvalue weighted by Gasteiger charge is 2.12. The average Bonchev–Trinajstić information content (AvgIpc) is 3.30. The molecule has 2 aromatic carbocycles. The lowest BCUT2D eigenvalue weighted by Crippen LogP contribution is -2.12. The summed E-state index contributed by atoms with van der Waals surface area (Å²) in [7, 11) is 0. The van der Waals surface area contributed by atoms with Gasteiger partial charge in [0, 0.05) is 33.6 Å². The van der Waals surface area contributed by atoms with Gasteiger partial charge >= 0.3 is 0 Å². The topological polar surface area (TPSA) is 86.5 Å². The van der Waals surface area contributed by atoms with Gasteiger partial charge in [0.25, 0.3) is 0 Å². The first-order valence-electron chi connectivity index (χ1n) is 9.82. The van der Waals surface area contributed by atoms with E-state index < -0.39 is 0 Å². The molecule has 0 saturated heterocycles. The van der Waals surface area contributed by atoms with Crippen molar-refractivity contribution in [2.75, 3.05) is 17.2 Å². The van der Waals surface area contributed by atoms with Crippen molar-refractivity contribution in [1.82, 2.24) is 15.0 Å². The molecular weight excluding hydrogens is 463 g/mol. The Morgan fingerprint density at radius 1 is 0.906 bits per heavy atom. The molecule has 0 spiro atoms. The van der Waals surface area contributed by atoms with E-state index in [4.69, 9.17) is 28.5 Å². The summed E-state index contributed by atoms with van der Waals surface area (Å²) in [6, 6.07) is 18.7. The number of halogens is 2. The Kier molecular flexibility index (Phi) is 7.17. The second-order valence-corrected chi connectivity index (χ2v) is 8.69. The monoisotopic (exact) mass is 480 g/mol. The zero-order chi connectivity index (χ0) is 22.3. The highest BCUT2D eigenvalue weighted by molar-refractivity contribution is 7.09. The van der Waals surface area contributed by atoms with Crippen LogP contribution in [0.5, 0.6) is 0 Å². The summed E-state index contributed by atoms with van der Waals surface area (Å²) < 4.78 is 0. The van der Waals surface area contributed by atoms with Gasteiger partial charge in [0.15, 0.2) is 0 Å². The van der Waals surface area contributed by atoms with Gasteiger partial charge in [-0.05, 0) is 59.8 Å². The van der Waals surface area contributed by atoms with Crippen LogP contribution < -0.4 is 10.6 Å². The normalized spacial score (nSPS) is 10.5. The summed E-state index contributed by atoms with van der Waals surface area (Å²) >= 11 is 14.4. The lowest BCUT2D eigenvalue weighted by molar-refractivity contribution is 0.908. The maximum Gasteiger partial charge on any atom is 0.232 e. The number of anilines is 3. The van der Waals surface area contributed by atoms with E-state index in [2.05, 4.69) is 43.1 Å². The summed E-state index contributed by atoms with van der Waals surface area (Å²) in [5.41, 5.74) is 2.11. The summed E-state index contributed by atoms with van der Waals surface area (Å²) in [4.78, 5) is 14.9. The Balaban J connectivity index is 1.58. The second kappa shape index (κ2) is 10.4. The fourth-order valence-electron chi connectivity index (χ4n) is 3.00. The van der Waals surface area contributed by atoms with Crippen LogP contribution in [0.15, 0.2) is 60.0 Å². The molecule has 2 heterocycles. The number of nitriles is 1. The van der Waals surface area contributed by atoms with Crippen molar-refractivity contribution < 1.29 is 0 Å². The van der Waals surface area contributed by atoms with Gasteiger partial charge in [0.2, 0.25) is 11.9 Å². The van der Waals surface area contributed by atoms with E-state index >= 15 is 0 Å². The molecule has 6 nitrogen and oxygen atoms in total. The van der Waals surface area contributed by atoms with Crippen LogP contribution in [0.4, 0.5) is 17.6 Å². The number of benzene rings is 2. The number of aromatic nitrogens is 3. The maximum absolute atomic E-state index is 8.99. The van der Waals surface area contributed by atoms with Crippen LogP contribution in [0, 0.1) is 11.3 Å². The third kappa shape index (κ3) is 5.74. The van der Waals surface area contributed by atoms with E-state index in [9.17, 15) is 0 Å². The molecule has 0 aliphatic carbocycles. The van der Waals surface area contributed by atoms with Crippen molar-refractivity contribution >= 4 is 52.1 Å². The molecule has 2 aromatic heterocycles. The van der Waals surface area contributed by atoms with Gasteiger partial charge in [0.05, 0.1) is 11.6 Å². The first-order chi connectivity index (χ1) is 15.6. The predicted octanol–water partition coefficient (Wildman–Crippen LogP) is 6.10. The van der Waals surface area contributed by atoms with E-state index in [1.165, 1.54) is 4.88 Å². The maximum atomic E-state index is 8.99. The van der Waals surface area contributed by atoms with E-state index in [1.807, 2.05) is 6.07 Å². The molecule has 0 amide bonds. The van der Waals surface area contributed by atoms with E-state index in [0.29, 0.717) is 46.3 Å². The Hall–Kier alpha value is -3.18. The molecule has 4 rings (SSSR count). The molecule has 0 bridgehead atoms. The van der Waals surface area contributed by atoms with Crippen LogP contribution in [0.1, 0.15) is 21.8 Å². The lowest BCUT2D eigenvalue weighted by Gasteiger charge is -2.11. The molecule has 2 N–H and O–H groups in total. The van der Waals surface area contributed by atoms with Crippen molar-refractivity contribution in [2.24, 2.45) is 0 Å². The van der Waals surface area contributed by atoms with Crippen LogP contribution in [-0.2, 0) is 12.8 Å². The largest absolute Gasteiger partial charge is 0.354 e.